The molecule has 1 saturated carbocycles. The number of hydrogen-bond acceptors (Lipinski definition) is 3. The Hall–Kier alpha value is -1.06. The molecule has 0 bridgehead atoms. The van der Waals surface area contributed by atoms with E-state index in [4.69, 9.17) is 16.3 Å². The summed E-state index contributed by atoms with van der Waals surface area (Å²) < 4.78 is 4.98. The van der Waals surface area contributed by atoms with E-state index in [1.807, 2.05) is 32.0 Å². The molecule has 3 nitrogen and oxygen atoms in total. The summed E-state index contributed by atoms with van der Waals surface area (Å²) in [6.45, 7) is 4.10. The van der Waals surface area contributed by atoms with Gasteiger partial charge in [0, 0.05) is 11.1 Å². The van der Waals surface area contributed by atoms with Gasteiger partial charge in [-0.05, 0) is 44.2 Å². The van der Waals surface area contributed by atoms with E-state index in [1.165, 1.54) is 5.56 Å². The molecule has 1 aromatic rings. The van der Waals surface area contributed by atoms with Crippen LogP contribution in [-0.2, 0) is 9.53 Å². The number of benzene rings is 1. The van der Waals surface area contributed by atoms with Gasteiger partial charge in [0.2, 0.25) is 0 Å². The molecule has 0 amide bonds. The highest BCUT2D eigenvalue weighted by Crippen LogP contribution is 2.39. The molecule has 1 aromatic carbocycles. The highest BCUT2D eigenvalue weighted by atomic mass is 35.5. The van der Waals surface area contributed by atoms with Gasteiger partial charge in [-0.25, -0.2) is 0 Å². The third kappa shape index (κ3) is 3.48. The number of hydrogen-bond donors (Lipinski definition) is 1. The van der Waals surface area contributed by atoms with Gasteiger partial charge in [-0.1, -0.05) is 29.8 Å². The first-order valence-corrected chi connectivity index (χ1v) is 7.16. The molecule has 1 fully saturated rings. The predicted molar refractivity (Wildman–Crippen MR) is 76.4 cm³/mol. The van der Waals surface area contributed by atoms with Crippen molar-refractivity contribution in [3.8, 4) is 0 Å². The summed E-state index contributed by atoms with van der Waals surface area (Å²) in [4.78, 5) is 11.5. The standard InChI is InChI=1S/C15H20ClNO2/c1-3-19-15(18)10(2)17-12-8-11(9-12)13-6-4-5-7-14(13)16/h4-7,10-12,17H,3,8-9H2,1-2H3. The first-order chi connectivity index (χ1) is 9.11. The van der Waals surface area contributed by atoms with Gasteiger partial charge in [-0.15, -0.1) is 0 Å². The molecule has 1 aliphatic rings. The minimum Gasteiger partial charge on any atom is -0.465 e. The number of nitrogens with one attached hydrogen (secondary N) is 1. The normalized spacial score (nSPS) is 23.5. The van der Waals surface area contributed by atoms with Crippen LogP contribution in [0.1, 0.15) is 38.2 Å². The maximum absolute atomic E-state index is 11.5. The molecule has 0 aromatic heterocycles. The highest BCUT2D eigenvalue weighted by molar-refractivity contribution is 6.31. The predicted octanol–water partition coefficient (Wildman–Crippen LogP) is 3.13. The molecule has 1 aliphatic carbocycles. The highest BCUT2D eigenvalue weighted by Gasteiger charge is 2.33. The van der Waals surface area contributed by atoms with Crippen LogP contribution >= 0.6 is 11.6 Å². The number of carbonyl (C=O) groups is 1. The minimum atomic E-state index is -0.239. The van der Waals surface area contributed by atoms with Gasteiger partial charge in [0.15, 0.2) is 0 Å². The van der Waals surface area contributed by atoms with E-state index in [2.05, 4.69) is 11.4 Å². The third-order valence-corrected chi connectivity index (χ3v) is 3.95. The van der Waals surface area contributed by atoms with Gasteiger partial charge in [0.1, 0.15) is 6.04 Å². The number of carbonyl (C=O) groups excluding carboxylic acids is 1. The Kier molecular flexibility index (Phi) is 4.83. The summed E-state index contributed by atoms with van der Waals surface area (Å²) in [5, 5.41) is 4.14. The number of halogens is 1. The molecule has 1 atom stereocenters. The van der Waals surface area contributed by atoms with Crippen molar-refractivity contribution in [2.24, 2.45) is 0 Å². The van der Waals surface area contributed by atoms with Crippen LogP contribution in [0.5, 0.6) is 0 Å². The second-order valence-electron chi connectivity index (χ2n) is 5.03. The molecule has 0 heterocycles. The molecule has 0 saturated heterocycles. The molecule has 0 spiro atoms. The van der Waals surface area contributed by atoms with E-state index in [0.29, 0.717) is 18.6 Å². The maximum Gasteiger partial charge on any atom is 0.322 e. The summed E-state index contributed by atoms with van der Waals surface area (Å²) in [5.41, 5.74) is 1.21. The summed E-state index contributed by atoms with van der Waals surface area (Å²) in [5.74, 6) is 0.323. The molecule has 1 N–H and O–H groups in total. The summed E-state index contributed by atoms with van der Waals surface area (Å²) in [6.07, 6.45) is 2.04. The molecule has 0 aliphatic heterocycles. The Morgan fingerprint density at radius 2 is 2.16 bits per heavy atom. The molecule has 19 heavy (non-hydrogen) atoms. The maximum atomic E-state index is 11.5. The summed E-state index contributed by atoms with van der Waals surface area (Å²) in [7, 11) is 0. The van der Waals surface area contributed by atoms with Gasteiger partial charge in [-0.3, -0.25) is 4.79 Å². The Morgan fingerprint density at radius 1 is 1.47 bits per heavy atom. The average Bonchev–Trinajstić information content (AvgIpc) is 2.34. The van der Waals surface area contributed by atoms with Crippen molar-refractivity contribution in [3.05, 3.63) is 34.9 Å². The van der Waals surface area contributed by atoms with Crippen LogP contribution in [0.3, 0.4) is 0 Å². The van der Waals surface area contributed by atoms with E-state index >= 15 is 0 Å². The SMILES string of the molecule is CCOC(=O)C(C)NC1CC(c2ccccc2Cl)C1. The molecule has 104 valence electrons. The molecular formula is C15H20ClNO2. The fourth-order valence-corrected chi connectivity index (χ4v) is 2.79. The number of esters is 1. The van der Waals surface area contributed by atoms with Crippen molar-refractivity contribution in [1.82, 2.24) is 5.32 Å². The van der Waals surface area contributed by atoms with Crippen molar-refractivity contribution in [2.75, 3.05) is 6.61 Å². The zero-order chi connectivity index (χ0) is 13.8. The fraction of sp³-hybridized carbons (Fsp3) is 0.533. The first-order valence-electron chi connectivity index (χ1n) is 6.79. The van der Waals surface area contributed by atoms with Crippen LogP contribution in [0, 0.1) is 0 Å². The smallest absolute Gasteiger partial charge is 0.322 e. The average molecular weight is 282 g/mol. The Labute approximate surface area is 119 Å². The number of rotatable bonds is 5. The van der Waals surface area contributed by atoms with Gasteiger partial charge in [0.05, 0.1) is 6.61 Å². The fourth-order valence-electron chi connectivity index (χ4n) is 2.50. The summed E-state index contributed by atoms with van der Waals surface area (Å²) in [6, 6.07) is 8.11. The zero-order valence-electron chi connectivity index (χ0n) is 11.4. The van der Waals surface area contributed by atoms with Crippen molar-refractivity contribution in [1.29, 1.82) is 0 Å². The molecule has 1 unspecified atom stereocenters. The van der Waals surface area contributed by atoms with E-state index < -0.39 is 0 Å². The van der Waals surface area contributed by atoms with Gasteiger partial charge in [0.25, 0.3) is 0 Å². The monoisotopic (exact) mass is 281 g/mol. The van der Waals surface area contributed by atoms with Crippen molar-refractivity contribution in [3.63, 3.8) is 0 Å². The van der Waals surface area contributed by atoms with E-state index in [0.717, 1.165) is 17.9 Å². The lowest BCUT2D eigenvalue weighted by atomic mass is 9.75. The molecule has 2 rings (SSSR count). The molecular weight excluding hydrogens is 262 g/mol. The Morgan fingerprint density at radius 3 is 2.79 bits per heavy atom. The Bertz CT molecular complexity index is 444. The Balaban J connectivity index is 1.81. The minimum absolute atomic E-state index is 0.177. The van der Waals surface area contributed by atoms with E-state index in [1.54, 1.807) is 0 Å². The molecule has 4 heteroatoms. The third-order valence-electron chi connectivity index (χ3n) is 3.61. The zero-order valence-corrected chi connectivity index (χ0v) is 12.1. The van der Waals surface area contributed by atoms with Crippen LogP contribution in [0.2, 0.25) is 5.02 Å². The van der Waals surface area contributed by atoms with Gasteiger partial charge >= 0.3 is 5.97 Å². The first kappa shape index (κ1) is 14.4. The van der Waals surface area contributed by atoms with E-state index in [-0.39, 0.29) is 12.0 Å². The summed E-state index contributed by atoms with van der Waals surface area (Å²) >= 11 is 6.18. The van der Waals surface area contributed by atoms with Crippen LogP contribution < -0.4 is 5.32 Å². The van der Waals surface area contributed by atoms with Crippen molar-refractivity contribution >= 4 is 17.6 Å². The van der Waals surface area contributed by atoms with Crippen molar-refractivity contribution in [2.45, 2.75) is 44.7 Å². The largest absolute Gasteiger partial charge is 0.465 e. The van der Waals surface area contributed by atoms with Crippen molar-refractivity contribution < 1.29 is 9.53 Å². The molecule has 0 radical (unpaired) electrons. The van der Waals surface area contributed by atoms with Crippen LogP contribution in [-0.4, -0.2) is 24.7 Å². The lowest BCUT2D eigenvalue weighted by Gasteiger charge is -2.38. The second kappa shape index (κ2) is 6.40. The quantitative estimate of drug-likeness (QED) is 0.843. The lowest BCUT2D eigenvalue weighted by Crippen LogP contribution is -2.47. The van der Waals surface area contributed by atoms with Crippen LogP contribution in [0.25, 0.3) is 0 Å². The van der Waals surface area contributed by atoms with Crippen LogP contribution in [0.4, 0.5) is 0 Å². The van der Waals surface area contributed by atoms with Gasteiger partial charge in [-0.2, -0.15) is 0 Å². The number of ether oxygens (including phenoxy) is 1. The second-order valence-corrected chi connectivity index (χ2v) is 5.43. The topological polar surface area (TPSA) is 38.3 Å². The lowest BCUT2D eigenvalue weighted by molar-refractivity contribution is -0.145. The van der Waals surface area contributed by atoms with E-state index in [9.17, 15) is 4.79 Å². The van der Waals surface area contributed by atoms with Crippen LogP contribution in [0.15, 0.2) is 24.3 Å². The van der Waals surface area contributed by atoms with Gasteiger partial charge < -0.3 is 10.1 Å².